The number of carbonyl (C=O) groups is 2. The van der Waals surface area contributed by atoms with Crippen LogP contribution in [0.3, 0.4) is 0 Å². The first-order chi connectivity index (χ1) is 17.0. The number of carbonyl (C=O) groups excluding carboxylic acids is 2. The average molecular weight is 571 g/mol. The summed E-state index contributed by atoms with van der Waals surface area (Å²) in [5.41, 5.74) is 3.30. The van der Waals surface area contributed by atoms with Gasteiger partial charge < -0.3 is 14.2 Å². The molecular formula is C23H18Cl3N3O6S. The molecule has 0 aromatic heterocycles. The van der Waals surface area contributed by atoms with Gasteiger partial charge in [-0.25, -0.2) is 5.43 Å². The minimum Gasteiger partial charge on any atom is -0.493 e. The highest BCUT2D eigenvalue weighted by atomic mass is 35.5. The molecular weight excluding hydrogens is 553 g/mol. The Morgan fingerprint density at radius 2 is 1.67 bits per heavy atom. The normalized spacial score (nSPS) is 11.2. The summed E-state index contributed by atoms with van der Waals surface area (Å²) in [6.07, 6.45) is 1.27. The maximum absolute atomic E-state index is 12.8. The molecule has 0 atom stereocenters. The highest BCUT2D eigenvalue weighted by Crippen LogP contribution is 2.38. The molecule has 0 saturated heterocycles. The minimum absolute atomic E-state index is 0.00876. The number of halogens is 3. The molecule has 2 N–H and O–H groups in total. The van der Waals surface area contributed by atoms with Crippen LogP contribution < -0.4 is 19.7 Å². The van der Waals surface area contributed by atoms with E-state index >= 15 is 0 Å². The number of benzene rings is 3. The summed E-state index contributed by atoms with van der Waals surface area (Å²) in [5, 5.41) is 6.86. The Labute approximate surface area is 222 Å². The number of anilines is 1. The van der Waals surface area contributed by atoms with Gasteiger partial charge >= 0.3 is 10.1 Å². The lowest BCUT2D eigenvalue weighted by Gasteiger charge is -2.13. The Balaban J connectivity index is 1.77. The van der Waals surface area contributed by atoms with Gasteiger partial charge in [0.2, 0.25) is 11.7 Å². The van der Waals surface area contributed by atoms with Gasteiger partial charge in [-0.1, -0.05) is 34.8 Å². The zero-order valence-electron chi connectivity index (χ0n) is 18.7. The molecule has 0 radical (unpaired) electrons. The maximum Gasteiger partial charge on any atom is 0.339 e. The van der Waals surface area contributed by atoms with Gasteiger partial charge in [-0.3, -0.25) is 9.59 Å². The van der Waals surface area contributed by atoms with Gasteiger partial charge in [0.05, 0.1) is 28.9 Å². The minimum atomic E-state index is -4.28. The number of nitrogens with one attached hydrogen (secondary N) is 2. The lowest BCUT2D eigenvalue weighted by atomic mass is 10.2. The second-order valence-electron chi connectivity index (χ2n) is 7.10. The first-order valence-electron chi connectivity index (χ1n) is 9.98. The van der Waals surface area contributed by atoms with Crippen LogP contribution in [0.1, 0.15) is 22.8 Å². The van der Waals surface area contributed by atoms with Crippen molar-refractivity contribution in [3.05, 3.63) is 80.8 Å². The first-order valence-corrected chi connectivity index (χ1v) is 12.5. The van der Waals surface area contributed by atoms with E-state index in [1.165, 1.54) is 74.8 Å². The van der Waals surface area contributed by atoms with Crippen LogP contribution in [0.25, 0.3) is 0 Å². The number of nitrogens with zero attached hydrogens (tertiary/aromatic N) is 1. The molecule has 0 bridgehead atoms. The van der Waals surface area contributed by atoms with E-state index in [0.717, 1.165) is 0 Å². The molecule has 36 heavy (non-hydrogen) atoms. The predicted octanol–water partition coefficient (Wildman–Crippen LogP) is 5.15. The van der Waals surface area contributed by atoms with Crippen LogP contribution in [0.15, 0.2) is 64.6 Å². The van der Waals surface area contributed by atoms with E-state index in [1.807, 2.05) is 0 Å². The molecule has 13 heteroatoms. The van der Waals surface area contributed by atoms with Crippen molar-refractivity contribution < 1.29 is 26.9 Å². The number of ether oxygens (including phenoxy) is 1. The largest absolute Gasteiger partial charge is 0.493 e. The van der Waals surface area contributed by atoms with Gasteiger partial charge in [0, 0.05) is 17.6 Å². The second kappa shape index (κ2) is 11.6. The number of amides is 2. The van der Waals surface area contributed by atoms with Crippen LogP contribution in [0, 0.1) is 0 Å². The van der Waals surface area contributed by atoms with Crippen molar-refractivity contribution in [3.8, 4) is 11.5 Å². The molecule has 0 unspecified atom stereocenters. The molecule has 0 aliphatic rings. The van der Waals surface area contributed by atoms with E-state index in [2.05, 4.69) is 15.8 Å². The fraction of sp³-hybridized carbons (Fsp3) is 0.0870. The van der Waals surface area contributed by atoms with E-state index in [0.29, 0.717) is 16.3 Å². The quantitative estimate of drug-likeness (QED) is 0.219. The van der Waals surface area contributed by atoms with Crippen LogP contribution in [0.5, 0.6) is 11.5 Å². The number of hydrogen-bond donors (Lipinski definition) is 2. The average Bonchev–Trinajstić information content (AvgIpc) is 2.80. The van der Waals surface area contributed by atoms with Crippen molar-refractivity contribution in [2.45, 2.75) is 11.8 Å². The second-order valence-corrected chi connectivity index (χ2v) is 9.90. The standard InChI is InChI=1S/C23H18Cl3N3O6S/c1-13(30)28-16-4-6-17(7-5-16)36(32,33)35-22-20(26)9-14(10-21(22)34-2)12-27-29-23(31)18-8-3-15(24)11-19(18)25/h3-12H,1-2H3,(H,28,30)(H,29,31)/b27-12-. The van der Waals surface area contributed by atoms with E-state index in [1.54, 1.807) is 0 Å². The Morgan fingerprint density at radius 3 is 2.28 bits per heavy atom. The lowest BCUT2D eigenvalue weighted by Crippen LogP contribution is -2.18. The SMILES string of the molecule is COc1cc(/C=N\NC(=O)c2ccc(Cl)cc2Cl)cc(Cl)c1OS(=O)(=O)c1ccc(NC(C)=O)cc1. The van der Waals surface area contributed by atoms with Gasteiger partial charge in [0.1, 0.15) is 4.90 Å². The van der Waals surface area contributed by atoms with E-state index in [-0.39, 0.29) is 37.9 Å². The van der Waals surface area contributed by atoms with Gasteiger partial charge in [-0.15, -0.1) is 0 Å². The van der Waals surface area contributed by atoms with Crippen LogP contribution in [0.2, 0.25) is 15.1 Å². The van der Waals surface area contributed by atoms with Crippen molar-refractivity contribution in [2.75, 3.05) is 12.4 Å². The third-order valence-corrected chi connectivity index (χ3v) is 6.53. The zero-order chi connectivity index (χ0) is 26.5. The maximum atomic E-state index is 12.8. The number of methoxy groups -OCH3 is 1. The molecule has 0 aliphatic heterocycles. The Bertz CT molecular complexity index is 1440. The third kappa shape index (κ3) is 6.88. The van der Waals surface area contributed by atoms with E-state index < -0.39 is 16.0 Å². The van der Waals surface area contributed by atoms with Crippen molar-refractivity contribution in [3.63, 3.8) is 0 Å². The topological polar surface area (TPSA) is 123 Å². The Morgan fingerprint density at radius 1 is 0.972 bits per heavy atom. The molecule has 0 spiro atoms. The van der Waals surface area contributed by atoms with Crippen molar-refractivity contribution in [2.24, 2.45) is 5.10 Å². The zero-order valence-corrected chi connectivity index (χ0v) is 21.8. The first kappa shape index (κ1) is 27.3. The molecule has 2 amide bonds. The number of hydrogen-bond acceptors (Lipinski definition) is 7. The van der Waals surface area contributed by atoms with Gasteiger partial charge in [0.25, 0.3) is 5.91 Å². The number of hydrazone groups is 1. The Hall–Kier alpha value is -3.31. The molecule has 3 rings (SSSR count). The van der Waals surface area contributed by atoms with Crippen molar-refractivity contribution >= 4 is 68.6 Å². The highest BCUT2D eigenvalue weighted by Gasteiger charge is 2.22. The van der Waals surface area contributed by atoms with E-state index in [9.17, 15) is 18.0 Å². The summed E-state index contributed by atoms with van der Waals surface area (Å²) in [5.74, 6) is -1.09. The summed E-state index contributed by atoms with van der Waals surface area (Å²) in [4.78, 5) is 23.2. The molecule has 188 valence electrons. The molecule has 0 saturated carbocycles. The monoisotopic (exact) mass is 569 g/mol. The third-order valence-electron chi connectivity index (χ3n) is 4.46. The van der Waals surface area contributed by atoms with Gasteiger partial charge in [-0.2, -0.15) is 13.5 Å². The summed E-state index contributed by atoms with van der Waals surface area (Å²) in [6.45, 7) is 1.33. The summed E-state index contributed by atoms with van der Waals surface area (Å²) in [6, 6.07) is 12.6. The highest BCUT2D eigenvalue weighted by molar-refractivity contribution is 7.87. The van der Waals surface area contributed by atoms with Gasteiger partial charge in [0.15, 0.2) is 5.75 Å². The number of rotatable bonds is 8. The van der Waals surface area contributed by atoms with Crippen LogP contribution in [-0.4, -0.2) is 33.6 Å². The van der Waals surface area contributed by atoms with E-state index in [4.69, 9.17) is 43.7 Å². The summed E-state index contributed by atoms with van der Waals surface area (Å²) < 4.78 is 36.0. The van der Waals surface area contributed by atoms with Crippen molar-refractivity contribution in [1.82, 2.24) is 5.43 Å². The molecule has 0 fully saturated rings. The predicted molar refractivity (Wildman–Crippen MR) is 138 cm³/mol. The smallest absolute Gasteiger partial charge is 0.339 e. The lowest BCUT2D eigenvalue weighted by molar-refractivity contribution is -0.114. The molecule has 0 heterocycles. The molecule has 9 nitrogen and oxygen atoms in total. The molecule has 3 aromatic carbocycles. The Kier molecular flexibility index (Phi) is 8.80. The fourth-order valence-electron chi connectivity index (χ4n) is 2.86. The van der Waals surface area contributed by atoms with Crippen LogP contribution >= 0.6 is 34.8 Å². The summed E-state index contributed by atoms with van der Waals surface area (Å²) >= 11 is 18.1. The summed E-state index contributed by atoms with van der Waals surface area (Å²) in [7, 11) is -2.98. The molecule has 0 aliphatic carbocycles. The van der Waals surface area contributed by atoms with Crippen LogP contribution in [0.4, 0.5) is 5.69 Å². The fourth-order valence-corrected chi connectivity index (χ4v) is 4.62. The van der Waals surface area contributed by atoms with Gasteiger partial charge in [-0.05, 0) is 60.2 Å². The molecule has 3 aromatic rings. The van der Waals surface area contributed by atoms with Crippen LogP contribution in [-0.2, 0) is 14.9 Å². The van der Waals surface area contributed by atoms with Crippen molar-refractivity contribution in [1.29, 1.82) is 0 Å².